The molecule has 134 valence electrons. The van der Waals surface area contributed by atoms with Gasteiger partial charge in [0, 0.05) is 13.1 Å². The number of sulfonamides is 1. The molecule has 1 aliphatic rings. The van der Waals surface area contributed by atoms with Gasteiger partial charge in [-0.3, -0.25) is 4.79 Å². The second-order valence-corrected chi connectivity index (χ2v) is 9.24. The van der Waals surface area contributed by atoms with Gasteiger partial charge < -0.3 is 5.32 Å². The summed E-state index contributed by atoms with van der Waals surface area (Å²) in [5, 5.41) is 4.13. The van der Waals surface area contributed by atoms with Crippen LogP contribution >= 0.6 is 22.9 Å². The summed E-state index contributed by atoms with van der Waals surface area (Å²) in [4.78, 5) is 12.5. The maximum absolute atomic E-state index is 13.9. The first-order valence-corrected chi connectivity index (χ1v) is 10.4. The van der Waals surface area contributed by atoms with Gasteiger partial charge in [0.05, 0.1) is 16.6 Å². The van der Waals surface area contributed by atoms with Gasteiger partial charge in [-0.25, -0.2) is 12.8 Å². The summed E-state index contributed by atoms with van der Waals surface area (Å²) in [5.74, 6) is -1.65. The average Bonchev–Trinajstić information content (AvgIpc) is 3.14. The van der Waals surface area contributed by atoms with E-state index in [2.05, 4.69) is 5.32 Å². The van der Waals surface area contributed by atoms with Gasteiger partial charge in [-0.05, 0) is 36.4 Å². The molecule has 0 aliphatic carbocycles. The minimum atomic E-state index is -3.60. The second kappa shape index (κ2) is 7.41. The molecule has 1 amide bonds. The Morgan fingerprint density at radius 1 is 1.32 bits per heavy atom. The van der Waals surface area contributed by atoms with Crippen molar-refractivity contribution in [1.29, 1.82) is 0 Å². The number of anilines is 1. The lowest BCUT2D eigenvalue weighted by molar-refractivity contribution is -0.120. The summed E-state index contributed by atoms with van der Waals surface area (Å²) >= 11 is 6.86. The minimum Gasteiger partial charge on any atom is -0.323 e. The monoisotopic (exact) mass is 402 g/mol. The number of hydrogen-bond acceptors (Lipinski definition) is 4. The third-order valence-electron chi connectivity index (χ3n) is 4.05. The van der Waals surface area contributed by atoms with E-state index in [1.165, 1.54) is 22.5 Å². The first-order valence-electron chi connectivity index (χ1n) is 7.68. The normalized spacial score (nSPS) is 18.9. The average molecular weight is 403 g/mol. The fraction of sp³-hybridized carbons (Fsp3) is 0.312. The number of nitrogens with one attached hydrogen (secondary N) is 1. The maximum atomic E-state index is 13.9. The maximum Gasteiger partial charge on any atom is 0.252 e. The van der Waals surface area contributed by atoms with Gasteiger partial charge in [-0.2, -0.15) is 4.31 Å². The lowest BCUT2D eigenvalue weighted by atomic mass is 9.98. The standard InChI is InChI=1S/C16H16ClFN2O3S2/c17-12-5-1-6-13(15(12)18)19-16(21)11-4-2-8-20(10-11)25(22,23)14-7-3-9-24-14/h1,3,5-7,9,11H,2,4,8,10H2,(H,19,21)/t11-/m1/s1. The molecule has 3 rings (SSSR count). The molecular formula is C16H16ClFN2O3S2. The lowest BCUT2D eigenvalue weighted by Gasteiger charge is -2.30. The van der Waals surface area contributed by atoms with E-state index in [-0.39, 0.29) is 21.5 Å². The van der Waals surface area contributed by atoms with E-state index in [4.69, 9.17) is 11.6 Å². The number of amides is 1. The number of piperidine rings is 1. The minimum absolute atomic E-state index is 0.00395. The number of thiophene rings is 1. The van der Waals surface area contributed by atoms with Gasteiger partial charge in [-0.1, -0.05) is 23.7 Å². The van der Waals surface area contributed by atoms with Crippen LogP contribution in [0.25, 0.3) is 0 Å². The summed E-state index contributed by atoms with van der Waals surface area (Å²) in [6.45, 7) is 0.448. The van der Waals surface area contributed by atoms with Gasteiger partial charge in [0.2, 0.25) is 5.91 Å². The Kier molecular flexibility index (Phi) is 5.43. The molecule has 1 atom stereocenters. The molecule has 1 fully saturated rings. The molecule has 1 aromatic heterocycles. The summed E-state index contributed by atoms with van der Waals surface area (Å²) in [7, 11) is -3.60. The Bertz CT molecular complexity index is 872. The van der Waals surface area contributed by atoms with Crippen molar-refractivity contribution in [3.05, 3.63) is 46.6 Å². The highest BCUT2D eigenvalue weighted by Gasteiger charge is 2.34. The zero-order valence-electron chi connectivity index (χ0n) is 13.1. The van der Waals surface area contributed by atoms with Crippen LogP contribution in [0.2, 0.25) is 5.02 Å². The molecule has 0 saturated carbocycles. The van der Waals surface area contributed by atoms with Crippen molar-refractivity contribution in [3.8, 4) is 0 Å². The second-order valence-electron chi connectivity index (χ2n) is 5.72. The van der Waals surface area contributed by atoms with E-state index in [0.717, 1.165) is 11.3 Å². The van der Waals surface area contributed by atoms with Crippen LogP contribution in [0.5, 0.6) is 0 Å². The smallest absolute Gasteiger partial charge is 0.252 e. The van der Waals surface area contributed by atoms with Crippen LogP contribution in [-0.2, 0) is 14.8 Å². The van der Waals surface area contributed by atoms with Crippen LogP contribution in [0, 0.1) is 11.7 Å². The molecule has 1 aliphatic heterocycles. The van der Waals surface area contributed by atoms with Crippen molar-refractivity contribution in [3.63, 3.8) is 0 Å². The molecule has 25 heavy (non-hydrogen) atoms. The Morgan fingerprint density at radius 3 is 2.84 bits per heavy atom. The fourth-order valence-corrected chi connectivity index (χ4v) is 5.59. The highest BCUT2D eigenvalue weighted by molar-refractivity contribution is 7.91. The molecule has 0 bridgehead atoms. The largest absolute Gasteiger partial charge is 0.323 e. The summed E-state index contributed by atoms with van der Waals surface area (Å²) < 4.78 is 40.7. The van der Waals surface area contributed by atoms with Gasteiger partial charge in [-0.15, -0.1) is 11.3 Å². The van der Waals surface area contributed by atoms with Crippen LogP contribution in [0.15, 0.2) is 39.9 Å². The number of hydrogen-bond donors (Lipinski definition) is 1. The summed E-state index contributed by atoms with van der Waals surface area (Å²) in [6, 6.07) is 7.57. The highest BCUT2D eigenvalue weighted by atomic mass is 35.5. The predicted molar refractivity (Wildman–Crippen MR) is 95.8 cm³/mol. The molecule has 9 heteroatoms. The van der Waals surface area contributed by atoms with E-state index < -0.39 is 27.7 Å². The van der Waals surface area contributed by atoms with Crippen molar-refractivity contribution in [2.24, 2.45) is 5.92 Å². The molecule has 0 radical (unpaired) electrons. The first kappa shape index (κ1) is 18.3. The van der Waals surface area contributed by atoms with Crippen molar-refractivity contribution < 1.29 is 17.6 Å². The molecule has 0 spiro atoms. The zero-order chi connectivity index (χ0) is 18.0. The third-order valence-corrected chi connectivity index (χ3v) is 7.58. The number of carbonyl (C=O) groups is 1. The molecule has 0 unspecified atom stereocenters. The highest BCUT2D eigenvalue weighted by Crippen LogP contribution is 2.28. The van der Waals surface area contributed by atoms with Crippen LogP contribution in [0.1, 0.15) is 12.8 Å². The number of carbonyl (C=O) groups excluding carboxylic acids is 1. The topological polar surface area (TPSA) is 66.5 Å². The number of benzene rings is 1. The zero-order valence-corrected chi connectivity index (χ0v) is 15.5. The van der Waals surface area contributed by atoms with Crippen molar-refractivity contribution in [2.75, 3.05) is 18.4 Å². The third kappa shape index (κ3) is 3.87. The fourth-order valence-electron chi connectivity index (χ4n) is 2.75. The van der Waals surface area contributed by atoms with Crippen molar-refractivity contribution in [2.45, 2.75) is 17.1 Å². The molecule has 5 nitrogen and oxygen atoms in total. The van der Waals surface area contributed by atoms with Crippen molar-refractivity contribution in [1.82, 2.24) is 4.31 Å². The summed E-state index contributed by atoms with van der Waals surface area (Å²) in [5.41, 5.74) is -0.00395. The quantitative estimate of drug-likeness (QED) is 0.849. The van der Waals surface area contributed by atoms with Gasteiger partial charge in [0.15, 0.2) is 5.82 Å². The summed E-state index contributed by atoms with van der Waals surface area (Å²) in [6.07, 6.45) is 1.12. The van der Waals surface area contributed by atoms with Crippen molar-refractivity contribution >= 4 is 44.6 Å². The van der Waals surface area contributed by atoms with E-state index in [1.54, 1.807) is 17.5 Å². The number of nitrogens with zero attached hydrogens (tertiary/aromatic N) is 1. The molecular weight excluding hydrogens is 387 g/mol. The SMILES string of the molecule is O=C(Nc1cccc(Cl)c1F)[C@@H]1CCCN(S(=O)(=O)c2cccs2)C1. The van der Waals surface area contributed by atoms with E-state index in [1.807, 2.05) is 0 Å². The number of halogens is 2. The van der Waals surface area contributed by atoms with Crippen LogP contribution in [-0.4, -0.2) is 31.7 Å². The van der Waals surface area contributed by atoms with E-state index in [9.17, 15) is 17.6 Å². The van der Waals surface area contributed by atoms with Crippen LogP contribution < -0.4 is 5.32 Å². The van der Waals surface area contributed by atoms with Crippen LogP contribution in [0.3, 0.4) is 0 Å². The predicted octanol–water partition coefficient (Wildman–Crippen LogP) is 3.58. The lowest BCUT2D eigenvalue weighted by Crippen LogP contribution is -2.43. The Morgan fingerprint density at radius 2 is 2.12 bits per heavy atom. The first-order chi connectivity index (χ1) is 11.9. The van der Waals surface area contributed by atoms with Gasteiger partial charge >= 0.3 is 0 Å². The number of rotatable bonds is 4. The van der Waals surface area contributed by atoms with Gasteiger partial charge in [0.1, 0.15) is 4.21 Å². The Balaban J connectivity index is 1.73. The van der Waals surface area contributed by atoms with Gasteiger partial charge in [0.25, 0.3) is 10.0 Å². The Labute approximate surface area is 154 Å². The molecule has 1 aromatic carbocycles. The van der Waals surface area contributed by atoms with Crippen LogP contribution in [0.4, 0.5) is 10.1 Å². The van der Waals surface area contributed by atoms with E-state index >= 15 is 0 Å². The molecule has 2 heterocycles. The Hall–Kier alpha value is -1.48. The van der Waals surface area contributed by atoms with E-state index in [0.29, 0.717) is 19.4 Å². The molecule has 1 saturated heterocycles. The molecule has 1 N–H and O–H groups in total. The molecule has 2 aromatic rings.